The van der Waals surface area contributed by atoms with Gasteiger partial charge in [-0.2, -0.15) is 15.5 Å². The van der Waals surface area contributed by atoms with Crippen LogP contribution < -0.4 is 0 Å². The fraction of sp³-hybridized carbons (Fsp3) is 0.111. The van der Waals surface area contributed by atoms with Crippen LogP contribution in [-0.4, -0.2) is 50.6 Å². The van der Waals surface area contributed by atoms with E-state index in [1.165, 1.54) is 5.56 Å². The van der Waals surface area contributed by atoms with E-state index in [2.05, 4.69) is 60.5 Å². The second-order valence-corrected chi connectivity index (χ2v) is 12.7. The number of pyridine rings is 2. The highest BCUT2D eigenvalue weighted by Crippen LogP contribution is 2.25. The maximum atomic E-state index is 11.4. The number of carboxylic acid groups (broad SMARTS) is 1. The summed E-state index contributed by atoms with van der Waals surface area (Å²) < 4.78 is 3.29. The first kappa shape index (κ1) is 31.5. The van der Waals surface area contributed by atoms with Gasteiger partial charge in [0.05, 0.1) is 34.8 Å². The van der Waals surface area contributed by atoms with Gasteiger partial charge in [0.2, 0.25) is 0 Å². The Labute approximate surface area is 288 Å². The molecule has 0 saturated carbocycles. The highest BCUT2D eigenvalue weighted by atomic mass is 32.1. The molecule has 0 amide bonds. The molecule has 8 rings (SSSR count). The number of nitrogens with zero attached hydrogens (tertiary/aromatic N) is 9. The van der Waals surface area contributed by atoms with Gasteiger partial charge >= 0.3 is 5.97 Å². The van der Waals surface area contributed by atoms with E-state index in [0.717, 1.165) is 62.0 Å². The normalized spacial score (nSPS) is 11.0. The van der Waals surface area contributed by atoms with E-state index in [1.54, 1.807) is 51.3 Å². The zero-order valence-electron chi connectivity index (χ0n) is 26.3. The minimum Gasteiger partial charge on any atom is -0.477 e. The third-order valence-corrected chi connectivity index (χ3v) is 9.24. The van der Waals surface area contributed by atoms with Crippen molar-refractivity contribution >= 4 is 50.7 Å². The molecule has 0 aliphatic carbocycles. The molecule has 240 valence electrons. The van der Waals surface area contributed by atoms with Crippen molar-refractivity contribution in [1.29, 1.82) is 5.26 Å². The van der Waals surface area contributed by atoms with Crippen molar-refractivity contribution in [2.24, 2.45) is 14.1 Å². The van der Waals surface area contributed by atoms with Gasteiger partial charge in [-0.05, 0) is 47.2 Å². The van der Waals surface area contributed by atoms with E-state index in [9.17, 15) is 15.2 Å². The number of thiazole rings is 2. The van der Waals surface area contributed by atoms with E-state index in [4.69, 9.17) is 0 Å². The number of aromatic carboxylic acids is 1. The van der Waals surface area contributed by atoms with Crippen molar-refractivity contribution < 1.29 is 9.90 Å². The Kier molecular flexibility index (Phi) is 8.72. The molecule has 0 fully saturated rings. The number of benzene rings is 2. The van der Waals surface area contributed by atoms with E-state index < -0.39 is 5.97 Å². The molecular formula is C36H27N9O2S2. The third-order valence-electron chi connectivity index (χ3n) is 8.07. The number of aryl methyl sites for hydroxylation is 2. The molecule has 13 heteroatoms. The molecule has 0 unspecified atom stereocenters. The van der Waals surface area contributed by atoms with Crippen LogP contribution in [0.25, 0.3) is 44.6 Å². The Balaban J connectivity index is 0.000000154. The average molecular weight is 682 g/mol. The lowest BCUT2D eigenvalue weighted by Crippen LogP contribution is -2.04. The number of aromatic nitrogens is 8. The Morgan fingerprint density at radius 3 is 1.69 bits per heavy atom. The Morgan fingerprint density at radius 1 is 0.755 bits per heavy atom. The lowest BCUT2D eigenvalue weighted by atomic mass is 10.0. The summed E-state index contributed by atoms with van der Waals surface area (Å²) in [5.41, 5.74) is 13.8. The first-order valence-electron chi connectivity index (χ1n) is 15.1. The monoisotopic (exact) mass is 681 g/mol. The van der Waals surface area contributed by atoms with Crippen LogP contribution >= 0.6 is 22.7 Å². The third kappa shape index (κ3) is 6.68. The van der Waals surface area contributed by atoms with Crippen molar-refractivity contribution in [3.63, 3.8) is 0 Å². The highest BCUT2D eigenvalue weighted by molar-refractivity contribution is 7.08. The largest absolute Gasteiger partial charge is 0.477 e. The predicted octanol–water partition coefficient (Wildman–Crippen LogP) is 6.94. The summed E-state index contributed by atoms with van der Waals surface area (Å²) in [4.78, 5) is 28.5. The summed E-state index contributed by atoms with van der Waals surface area (Å²) in [6.45, 7) is 0. The Morgan fingerprint density at radius 2 is 1.24 bits per heavy atom. The lowest BCUT2D eigenvalue weighted by molar-refractivity contribution is 0.0690. The van der Waals surface area contributed by atoms with Crippen LogP contribution in [0.5, 0.6) is 0 Å². The molecule has 49 heavy (non-hydrogen) atoms. The molecule has 0 atom stereocenters. The van der Waals surface area contributed by atoms with E-state index in [1.807, 2.05) is 65.4 Å². The molecule has 2 aromatic carbocycles. The molecule has 6 heterocycles. The van der Waals surface area contributed by atoms with Gasteiger partial charge in [-0.1, -0.05) is 48.5 Å². The molecule has 0 aliphatic rings. The minimum absolute atomic E-state index is 0.0326. The maximum absolute atomic E-state index is 11.4. The van der Waals surface area contributed by atoms with Crippen molar-refractivity contribution in [2.45, 2.75) is 12.8 Å². The van der Waals surface area contributed by atoms with Gasteiger partial charge in [0.1, 0.15) is 11.8 Å². The number of carbonyl (C=O) groups is 1. The molecule has 8 aromatic rings. The van der Waals surface area contributed by atoms with Crippen molar-refractivity contribution in [1.82, 2.24) is 39.5 Å². The zero-order chi connectivity index (χ0) is 33.9. The average Bonchev–Trinajstić information content (AvgIpc) is 3.95. The van der Waals surface area contributed by atoms with E-state index in [-0.39, 0.29) is 5.69 Å². The van der Waals surface area contributed by atoms with Gasteiger partial charge in [0.15, 0.2) is 17.0 Å². The molecule has 0 radical (unpaired) electrons. The molecule has 0 aliphatic heterocycles. The predicted molar refractivity (Wildman–Crippen MR) is 189 cm³/mol. The maximum Gasteiger partial charge on any atom is 0.354 e. The molecule has 6 aromatic heterocycles. The molecular weight excluding hydrogens is 655 g/mol. The minimum atomic E-state index is -1.04. The number of fused-ring (bicyclic) bond motifs is 2. The standard InChI is InChI=1S/C18H13N5S.C18H14N4O2S/c1-23-18-16(9-21-23)14(7-15(8-19)22-18)6-12-2-4-13(5-3-12)17-10-24-11-20-17;1-22-17-14(8-20-22)13(7-15(21-17)18(23)24)6-11-2-4-12(5-3-11)16-9-25-10-19-16/h2-5,7,9-11H,6H2,1H3;2-5,7-10H,6H2,1H3,(H,23,24). The summed E-state index contributed by atoms with van der Waals surface area (Å²) in [5, 5.41) is 32.9. The molecule has 11 nitrogen and oxygen atoms in total. The topological polar surface area (TPSA) is 148 Å². The van der Waals surface area contributed by atoms with Gasteiger partial charge in [-0.25, -0.2) is 24.7 Å². The number of hydrogen-bond donors (Lipinski definition) is 1. The first-order valence-corrected chi connectivity index (χ1v) is 17.0. The quantitative estimate of drug-likeness (QED) is 0.189. The molecule has 0 saturated heterocycles. The second-order valence-electron chi connectivity index (χ2n) is 11.3. The first-order chi connectivity index (χ1) is 23.9. The smallest absolute Gasteiger partial charge is 0.354 e. The van der Waals surface area contributed by atoms with Crippen LogP contribution in [0.4, 0.5) is 0 Å². The van der Waals surface area contributed by atoms with Crippen molar-refractivity contribution in [3.8, 4) is 28.6 Å². The van der Waals surface area contributed by atoms with Crippen LogP contribution in [0.1, 0.15) is 38.4 Å². The van der Waals surface area contributed by atoms with Gasteiger partial charge in [0.25, 0.3) is 0 Å². The number of nitriles is 1. The van der Waals surface area contributed by atoms with Gasteiger partial charge < -0.3 is 5.11 Å². The van der Waals surface area contributed by atoms with Crippen molar-refractivity contribution in [3.05, 3.63) is 128 Å². The number of hydrogen-bond acceptors (Lipinski definition) is 10. The summed E-state index contributed by atoms with van der Waals surface area (Å²) >= 11 is 3.16. The van der Waals surface area contributed by atoms with Crippen molar-refractivity contribution in [2.75, 3.05) is 0 Å². The van der Waals surface area contributed by atoms with Crippen LogP contribution in [0.2, 0.25) is 0 Å². The summed E-state index contributed by atoms with van der Waals surface area (Å²) in [6, 6.07) is 22.1. The SMILES string of the molecule is Cn1ncc2c(Cc3ccc(-c4cscn4)cc3)cc(C#N)nc21.Cn1ncc2c(Cc3ccc(-c4cscn4)cc3)cc(C(=O)O)nc21. The van der Waals surface area contributed by atoms with Gasteiger partial charge in [0, 0.05) is 46.8 Å². The summed E-state index contributed by atoms with van der Waals surface area (Å²) in [6.07, 6.45) is 4.88. The fourth-order valence-corrected chi connectivity index (χ4v) is 6.68. The fourth-order valence-electron chi connectivity index (χ4n) is 5.55. The number of carboxylic acids is 1. The second kappa shape index (κ2) is 13.6. The highest BCUT2D eigenvalue weighted by Gasteiger charge is 2.15. The Hall–Kier alpha value is -6.10. The van der Waals surface area contributed by atoms with Crippen LogP contribution in [0.15, 0.2) is 94.8 Å². The summed E-state index contributed by atoms with van der Waals surface area (Å²) in [5.74, 6) is -1.04. The molecule has 1 N–H and O–H groups in total. The lowest BCUT2D eigenvalue weighted by Gasteiger charge is -2.07. The molecule has 0 spiro atoms. The Bertz CT molecular complexity index is 2440. The van der Waals surface area contributed by atoms with Crippen LogP contribution in [0, 0.1) is 11.3 Å². The summed E-state index contributed by atoms with van der Waals surface area (Å²) in [7, 11) is 3.59. The number of rotatable bonds is 7. The van der Waals surface area contributed by atoms with Gasteiger partial charge in [-0.3, -0.25) is 9.36 Å². The van der Waals surface area contributed by atoms with Gasteiger partial charge in [-0.15, -0.1) is 22.7 Å². The van der Waals surface area contributed by atoms with E-state index >= 15 is 0 Å². The zero-order valence-corrected chi connectivity index (χ0v) is 28.0. The van der Waals surface area contributed by atoms with Crippen LogP contribution in [-0.2, 0) is 26.9 Å². The van der Waals surface area contributed by atoms with E-state index in [0.29, 0.717) is 17.8 Å². The van der Waals surface area contributed by atoms with Crippen LogP contribution in [0.3, 0.4) is 0 Å². The molecule has 0 bridgehead atoms.